The molecule has 0 unspecified atom stereocenters. The molecule has 2 aromatic rings. The second-order valence-corrected chi connectivity index (χ2v) is 7.43. The number of thiocarbonyl (C=S) groups is 2. The second kappa shape index (κ2) is 9.79. The largest absolute Gasteiger partial charge is 0.396 e. The Labute approximate surface area is 175 Å². The van der Waals surface area contributed by atoms with E-state index in [-0.39, 0.29) is 31.2 Å². The molecular formula is C20H24N4O2S2. The van der Waals surface area contributed by atoms with Crippen LogP contribution in [0.2, 0.25) is 0 Å². The third-order valence-electron chi connectivity index (χ3n) is 4.79. The van der Waals surface area contributed by atoms with Crippen LogP contribution in [-0.2, 0) is 0 Å². The maximum absolute atomic E-state index is 10.0. The lowest BCUT2D eigenvalue weighted by Gasteiger charge is -2.30. The molecule has 0 aromatic heterocycles. The average molecular weight is 417 g/mol. The first-order chi connectivity index (χ1) is 13.6. The number of para-hydroxylation sites is 2. The van der Waals surface area contributed by atoms with E-state index >= 15 is 0 Å². The van der Waals surface area contributed by atoms with Gasteiger partial charge in [0.05, 0.1) is 18.7 Å². The van der Waals surface area contributed by atoms with E-state index in [0.717, 1.165) is 11.4 Å². The summed E-state index contributed by atoms with van der Waals surface area (Å²) in [4.78, 5) is 1.91. The van der Waals surface area contributed by atoms with Gasteiger partial charge in [-0.15, -0.1) is 0 Å². The van der Waals surface area contributed by atoms with Gasteiger partial charge in [-0.3, -0.25) is 0 Å². The highest BCUT2D eigenvalue weighted by molar-refractivity contribution is 7.80. The van der Waals surface area contributed by atoms with Gasteiger partial charge >= 0.3 is 0 Å². The van der Waals surface area contributed by atoms with E-state index in [1.807, 2.05) is 65.6 Å². The Bertz CT molecular complexity index is 791. The summed E-state index contributed by atoms with van der Waals surface area (Å²) < 4.78 is 0. The van der Waals surface area contributed by atoms with Crippen molar-refractivity contribution in [3.63, 3.8) is 0 Å². The third-order valence-corrected chi connectivity index (χ3v) is 5.35. The van der Waals surface area contributed by atoms with Crippen molar-refractivity contribution in [3.8, 4) is 0 Å². The number of hydrogen-bond acceptors (Lipinski definition) is 4. The van der Waals surface area contributed by atoms with Crippen LogP contribution in [0.5, 0.6) is 0 Å². The summed E-state index contributed by atoms with van der Waals surface area (Å²) in [5.41, 5.74) is 1.75. The Hall–Kier alpha value is -2.26. The van der Waals surface area contributed by atoms with Crippen molar-refractivity contribution in [3.05, 3.63) is 60.7 Å². The smallest absolute Gasteiger partial charge is 0.173 e. The first-order valence-electron chi connectivity index (χ1n) is 9.09. The normalized spacial score (nSPS) is 21.2. The number of hydrogen-bond donors (Lipinski definition) is 5. The fraction of sp³-hybridized carbons (Fsp3) is 0.300. The zero-order valence-corrected chi connectivity index (χ0v) is 16.9. The SMILES string of the molecule is OC[C@@H]1CN(C(=S)Nc2ccccc2)[C@@H](CO)[C@@H]1NC(=S)Nc1ccccc1. The molecule has 3 atom stereocenters. The van der Waals surface area contributed by atoms with E-state index in [0.29, 0.717) is 16.8 Å². The molecule has 1 heterocycles. The van der Waals surface area contributed by atoms with Gasteiger partial charge in [0.25, 0.3) is 0 Å². The highest BCUT2D eigenvalue weighted by Crippen LogP contribution is 2.25. The van der Waals surface area contributed by atoms with E-state index in [1.54, 1.807) is 0 Å². The van der Waals surface area contributed by atoms with E-state index in [1.165, 1.54) is 0 Å². The van der Waals surface area contributed by atoms with Crippen molar-refractivity contribution >= 4 is 46.0 Å². The summed E-state index contributed by atoms with van der Waals surface area (Å²) in [6.45, 7) is 0.372. The Morgan fingerprint density at radius 2 is 1.46 bits per heavy atom. The first-order valence-corrected chi connectivity index (χ1v) is 9.91. The second-order valence-electron chi connectivity index (χ2n) is 6.63. The van der Waals surface area contributed by atoms with Gasteiger partial charge in [0.15, 0.2) is 10.2 Å². The van der Waals surface area contributed by atoms with Crippen molar-refractivity contribution < 1.29 is 10.2 Å². The molecule has 28 heavy (non-hydrogen) atoms. The molecule has 8 heteroatoms. The number of aliphatic hydroxyl groups excluding tert-OH is 2. The van der Waals surface area contributed by atoms with Gasteiger partial charge in [-0.25, -0.2) is 0 Å². The van der Waals surface area contributed by atoms with Crippen molar-refractivity contribution in [1.29, 1.82) is 0 Å². The highest BCUT2D eigenvalue weighted by atomic mass is 32.1. The highest BCUT2D eigenvalue weighted by Gasteiger charge is 2.42. The molecule has 5 N–H and O–H groups in total. The van der Waals surface area contributed by atoms with Crippen LogP contribution in [-0.4, -0.2) is 57.2 Å². The van der Waals surface area contributed by atoms with Crippen molar-refractivity contribution in [1.82, 2.24) is 10.2 Å². The number of likely N-dealkylation sites (tertiary alicyclic amines) is 1. The molecule has 0 aliphatic carbocycles. The molecular weight excluding hydrogens is 392 g/mol. The minimum Gasteiger partial charge on any atom is -0.396 e. The molecule has 6 nitrogen and oxygen atoms in total. The number of anilines is 2. The quantitative estimate of drug-likeness (QED) is 0.474. The minimum absolute atomic E-state index is 0.0352. The topological polar surface area (TPSA) is 79.8 Å². The Morgan fingerprint density at radius 1 is 0.893 bits per heavy atom. The van der Waals surface area contributed by atoms with Gasteiger partial charge in [0, 0.05) is 30.4 Å². The summed E-state index contributed by atoms with van der Waals surface area (Å²) >= 11 is 11.0. The minimum atomic E-state index is -0.309. The third kappa shape index (κ3) is 4.96. The predicted molar refractivity (Wildman–Crippen MR) is 120 cm³/mol. The average Bonchev–Trinajstić information content (AvgIpc) is 3.06. The van der Waals surface area contributed by atoms with Crippen molar-refractivity contribution in [2.24, 2.45) is 5.92 Å². The van der Waals surface area contributed by atoms with Crippen LogP contribution in [0.4, 0.5) is 11.4 Å². The van der Waals surface area contributed by atoms with Gasteiger partial charge in [-0.2, -0.15) is 0 Å². The zero-order chi connectivity index (χ0) is 19.9. The molecule has 0 radical (unpaired) electrons. The molecule has 2 aromatic carbocycles. The number of aliphatic hydroxyl groups is 2. The van der Waals surface area contributed by atoms with Crippen LogP contribution in [0, 0.1) is 5.92 Å². The van der Waals surface area contributed by atoms with Gasteiger partial charge in [0.1, 0.15) is 0 Å². The molecule has 0 bridgehead atoms. The van der Waals surface area contributed by atoms with Crippen molar-refractivity contribution in [2.75, 3.05) is 30.4 Å². The molecule has 1 saturated heterocycles. The standard InChI is InChI=1S/C20H24N4O2S2/c25-12-14-11-24(20(28)22-16-9-5-2-6-10-16)17(13-26)18(14)23-19(27)21-15-7-3-1-4-8-15/h1-10,14,17-18,25-26H,11-13H2,(H,22,28)(H2,21,23,27)/t14-,17-,18+/m0/s1. The lowest BCUT2D eigenvalue weighted by atomic mass is 10.00. The summed E-state index contributed by atoms with van der Waals surface area (Å²) in [5.74, 6) is -0.122. The molecule has 1 aliphatic rings. The number of nitrogens with zero attached hydrogens (tertiary/aromatic N) is 1. The van der Waals surface area contributed by atoms with E-state index in [4.69, 9.17) is 24.4 Å². The Balaban J connectivity index is 1.68. The molecule has 0 spiro atoms. The maximum Gasteiger partial charge on any atom is 0.173 e. The summed E-state index contributed by atoms with van der Waals surface area (Å²) in [6.07, 6.45) is 0. The van der Waals surface area contributed by atoms with Gasteiger partial charge in [0.2, 0.25) is 0 Å². The van der Waals surface area contributed by atoms with Gasteiger partial charge in [-0.05, 0) is 48.7 Å². The fourth-order valence-electron chi connectivity index (χ4n) is 3.40. The fourth-order valence-corrected chi connectivity index (χ4v) is 3.98. The van der Waals surface area contributed by atoms with Crippen LogP contribution < -0.4 is 16.0 Å². The van der Waals surface area contributed by atoms with E-state index in [2.05, 4.69) is 16.0 Å². The Morgan fingerprint density at radius 3 is 2.00 bits per heavy atom. The molecule has 0 saturated carbocycles. The lowest BCUT2D eigenvalue weighted by Crippen LogP contribution is -2.52. The van der Waals surface area contributed by atoms with Gasteiger partial charge in [-0.1, -0.05) is 36.4 Å². The van der Waals surface area contributed by atoms with Crippen LogP contribution in [0.15, 0.2) is 60.7 Å². The molecule has 1 fully saturated rings. The number of benzene rings is 2. The molecule has 148 valence electrons. The van der Waals surface area contributed by atoms with E-state index < -0.39 is 0 Å². The molecule has 3 rings (SSSR count). The number of rotatable bonds is 5. The van der Waals surface area contributed by atoms with Crippen molar-refractivity contribution in [2.45, 2.75) is 12.1 Å². The monoisotopic (exact) mass is 416 g/mol. The summed E-state index contributed by atoms with van der Waals surface area (Å²) in [6, 6.07) is 18.7. The van der Waals surface area contributed by atoms with Gasteiger partial charge < -0.3 is 31.1 Å². The zero-order valence-electron chi connectivity index (χ0n) is 15.3. The first kappa shape index (κ1) is 20.5. The van der Waals surface area contributed by atoms with Crippen LogP contribution in [0.25, 0.3) is 0 Å². The summed E-state index contributed by atoms with van der Waals surface area (Å²) in [5, 5.41) is 30.4. The predicted octanol–water partition coefficient (Wildman–Crippen LogP) is 2.02. The molecule has 1 aliphatic heterocycles. The molecule has 0 amide bonds. The van der Waals surface area contributed by atoms with Crippen LogP contribution >= 0.6 is 24.4 Å². The van der Waals surface area contributed by atoms with Crippen LogP contribution in [0.1, 0.15) is 0 Å². The summed E-state index contributed by atoms with van der Waals surface area (Å²) in [7, 11) is 0. The maximum atomic E-state index is 10.0. The number of nitrogens with one attached hydrogen (secondary N) is 3. The van der Waals surface area contributed by atoms with E-state index in [9.17, 15) is 10.2 Å². The lowest BCUT2D eigenvalue weighted by molar-refractivity contribution is 0.185. The van der Waals surface area contributed by atoms with Crippen LogP contribution in [0.3, 0.4) is 0 Å². The Kier molecular flexibility index (Phi) is 7.16.